The van der Waals surface area contributed by atoms with Crippen LogP contribution in [0.2, 0.25) is 0 Å². The van der Waals surface area contributed by atoms with Crippen LogP contribution >= 0.6 is 0 Å². The molecule has 4 nitrogen and oxygen atoms in total. The van der Waals surface area contributed by atoms with E-state index in [0.29, 0.717) is 18.5 Å². The van der Waals surface area contributed by atoms with Crippen LogP contribution in [-0.2, 0) is 7.05 Å². The number of nitrogens with zero attached hydrogens (tertiary/aromatic N) is 3. The van der Waals surface area contributed by atoms with E-state index in [-0.39, 0.29) is 0 Å². The highest BCUT2D eigenvalue weighted by Crippen LogP contribution is 2.35. The van der Waals surface area contributed by atoms with Crippen molar-refractivity contribution in [3.05, 3.63) is 17.5 Å². The summed E-state index contributed by atoms with van der Waals surface area (Å²) in [5.74, 6) is 0.677. The zero-order valence-corrected chi connectivity index (χ0v) is 12.1. The van der Waals surface area contributed by atoms with Gasteiger partial charge in [-0.25, -0.2) is 0 Å². The Kier molecular flexibility index (Phi) is 4.07. The topological polar surface area (TPSA) is 47.1 Å². The maximum absolute atomic E-state index is 6.05. The van der Waals surface area contributed by atoms with Crippen molar-refractivity contribution in [3.8, 4) is 0 Å². The highest BCUT2D eigenvalue weighted by atomic mass is 15.3. The van der Waals surface area contributed by atoms with Gasteiger partial charge in [-0.05, 0) is 25.7 Å². The Labute approximate surface area is 110 Å². The van der Waals surface area contributed by atoms with Gasteiger partial charge in [0, 0.05) is 37.9 Å². The average molecular weight is 250 g/mol. The monoisotopic (exact) mass is 250 g/mol. The molecule has 1 aromatic heterocycles. The van der Waals surface area contributed by atoms with Crippen molar-refractivity contribution in [2.45, 2.75) is 45.7 Å². The number of hydrogen-bond acceptors (Lipinski definition) is 3. The molecule has 18 heavy (non-hydrogen) atoms. The standard InChI is InChI=1S/C14H26N4/c1-10(2)8-18(12-5-6-12)14(7-15)13-9-17(4)16-11(13)3/h9-10,12,14H,5-8,15H2,1-4H3. The first-order chi connectivity index (χ1) is 8.52. The quantitative estimate of drug-likeness (QED) is 0.838. The van der Waals surface area contributed by atoms with Gasteiger partial charge in [0.1, 0.15) is 0 Å². The van der Waals surface area contributed by atoms with E-state index in [0.717, 1.165) is 18.3 Å². The van der Waals surface area contributed by atoms with Crippen molar-refractivity contribution in [2.24, 2.45) is 18.7 Å². The SMILES string of the molecule is Cc1nn(C)cc1C(CN)N(CC(C)C)C1CC1. The fraction of sp³-hybridized carbons (Fsp3) is 0.786. The van der Waals surface area contributed by atoms with Crippen molar-refractivity contribution in [3.63, 3.8) is 0 Å². The predicted molar refractivity (Wildman–Crippen MR) is 74.3 cm³/mol. The molecule has 1 aromatic rings. The van der Waals surface area contributed by atoms with E-state index < -0.39 is 0 Å². The fourth-order valence-electron chi connectivity index (χ4n) is 2.74. The number of hydrogen-bond donors (Lipinski definition) is 1. The molecule has 0 saturated heterocycles. The molecular weight excluding hydrogens is 224 g/mol. The Bertz CT molecular complexity index is 392. The molecule has 0 amide bonds. The number of aryl methyl sites for hydroxylation is 2. The smallest absolute Gasteiger partial charge is 0.0641 e. The van der Waals surface area contributed by atoms with Gasteiger partial charge in [0.05, 0.1) is 11.7 Å². The second-order valence-electron chi connectivity index (χ2n) is 5.92. The van der Waals surface area contributed by atoms with Gasteiger partial charge in [-0.15, -0.1) is 0 Å². The molecule has 4 heteroatoms. The van der Waals surface area contributed by atoms with Crippen molar-refractivity contribution >= 4 is 0 Å². The normalized spacial score (nSPS) is 17.7. The first-order valence-corrected chi connectivity index (χ1v) is 6.98. The molecule has 1 fully saturated rings. The van der Waals surface area contributed by atoms with Crippen LogP contribution in [0.4, 0.5) is 0 Å². The van der Waals surface area contributed by atoms with Crippen LogP contribution in [0.3, 0.4) is 0 Å². The lowest BCUT2D eigenvalue weighted by molar-refractivity contribution is 0.169. The van der Waals surface area contributed by atoms with Crippen molar-refractivity contribution in [1.82, 2.24) is 14.7 Å². The molecule has 1 heterocycles. The minimum atomic E-state index is 0.327. The van der Waals surface area contributed by atoms with Gasteiger partial charge >= 0.3 is 0 Å². The molecule has 0 aliphatic heterocycles. The van der Waals surface area contributed by atoms with E-state index in [4.69, 9.17) is 5.73 Å². The van der Waals surface area contributed by atoms with Gasteiger partial charge in [0.25, 0.3) is 0 Å². The number of aromatic nitrogens is 2. The molecule has 1 atom stereocenters. The zero-order valence-electron chi connectivity index (χ0n) is 12.1. The lowest BCUT2D eigenvalue weighted by Gasteiger charge is -2.32. The molecule has 0 spiro atoms. The van der Waals surface area contributed by atoms with Crippen LogP contribution in [0.15, 0.2) is 6.20 Å². The van der Waals surface area contributed by atoms with Gasteiger partial charge in [-0.1, -0.05) is 13.8 Å². The van der Waals surface area contributed by atoms with Crippen LogP contribution < -0.4 is 5.73 Å². The molecule has 1 unspecified atom stereocenters. The van der Waals surface area contributed by atoms with Crippen molar-refractivity contribution in [1.29, 1.82) is 0 Å². The Morgan fingerprint density at radius 3 is 2.56 bits per heavy atom. The maximum Gasteiger partial charge on any atom is 0.0641 e. The van der Waals surface area contributed by atoms with Crippen LogP contribution in [0.25, 0.3) is 0 Å². The predicted octanol–water partition coefficient (Wildman–Crippen LogP) is 1.85. The largest absolute Gasteiger partial charge is 0.329 e. The Morgan fingerprint density at radius 2 is 2.17 bits per heavy atom. The van der Waals surface area contributed by atoms with Crippen molar-refractivity contribution < 1.29 is 0 Å². The van der Waals surface area contributed by atoms with Crippen LogP contribution in [-0.4, -0.2) is 33.8 Å². The first kappa shape index (κ1) is 13.6. The summed E-state index contributed by atoms with van der Waals surface area (Å²) in [6, 6.07) is 1.06. The maximum atomic E-state index is 6.05. The third kappa shape index (κ3) is 2.93. The second kappa shape index (κ2) is 5.41. The highest BCUT2D eigenvalue weighted by Gasteiger charge is 2.35. The summed E-state index contributed by atoms with van der Waals surface area (Å²) in [7, 11) is 1.98. The van der Waals surface area contributed by atoms with Crippen LogP contribution in [0, 0.1) is 12.8 Å². The lowest BCUT2D eigenvalue weighted by atomic mass is 10.0. The minimum Gasteiger partial charge on any atom is -0.329 e. The summed E-state index contributed by atoms with van der Waals surface area (Å²) in [5.41, 5.74) is 8.46. The Hall–Kier alpha value is -0.870. The fourth-order valence-corrected chi connectivity index (χ4v) is 2.74. The molecule has 0 bridgehead atoms. The van der Waals surface area contributed by atoms with E-state index in [1.54, 1.807) is 0 Å². The Morgan fingerprint density at radius 1 is 1.50 bits per heavy atom. The number of rotatable bonds is 6. The highest BCUT2D eigenvalue weighted by molar-refractivity contribution is 5.21. The van der Waals surface area contributed by atoms with Gasteiger partial charge in [0.15, 0.2) is 0 Å². The summed E-state index contributed by atoms with van der Waals surface area (Å²) >= 11 is 0. The summed E-state index contributed by atoms with van der Waals surface area (Å²) in [4.78, 5) is 2.59. The van der Waals surface area contributed by atoms with E-state index in [9.17, 15) is 0 Å². The van der Waals surface area contributed by atoms with Crippen LogP contribution in [0.5, 0.6) is 0 Å². The summed E-state index contributed by atoms with van der Waals surface area (Å²) in [6.45, 7) is 8.44. The van der Waals surface area contributed by atoms with Crippen LogP contribution in [0.1, 0.15) is 44.0 Å². The summed E-state index contributed by atoms with van der Waals surface area (Å²) in [5, 5.41) is 4.46. The molecular formula is C14H26N4. The third-order valence-corrected chi connectivity index (χ3v) is 3.63. The first-order valence-electron chi connectivity index (χ1n) is 6.98. The van der Waals surface area contributed by atoms with E-state index in [1.165, 1.54) is 18.4 Å². The van der Waals surface area contributed by atoms with E-state index in [1.807, 2.05) is 11.7 Å². The molecule has 1 aliphatic carbocycles. The third-order valence-electron chi connectivity index (χ3n) is 3.63. The molecule has 102 valence electrons. The average Bonchev–Trinajstić information content (AvgIpc) is 3.05. The van der Waals surface area contributed by atoms with Gasteiger partial charge in [-0.3, -0.25) is 9.58 Å². The van der Waals surface area contributed by atoms with E-state index >= 15 is 0 Å². The van der Waals surface area contributed by atoms with Gasteiger partial charge in [0.2, 0.25) is 0 Å². The second-order valence-corrected chi connectivity index (χ2v) is 5.92. The summed E-state index contributed by atoms with van der Waals surface area (Å²) < 4.78 is 1.90. The van der Waals surface area contributed by atoms with Gasteiger partial charge < -0.3 is 5.73 Å². The zero-order chi connectivity index (χ0) is 13.3. The minimum absolute atomic E-state index is 0.327. The summed E-state index contributed by atoms with van der Waals surface area (Å²) in [6.07, 6.45) is 4.77. The van der Waals surface area contributed by atoms with Crippen molar-refractivity contribution in [2.75, 3.05) is 13.1 Å². The molecule has 0 radical (unpaired) electrons. The molecule has 2 rings (SSSR count). The lowest BCUT2D eigenvalue weighted by Crippen LogP contribution is -2.38. The number of nitrogens with two attached hydrogens (primary N) is 1. The van der Waals surface area contributed by atoms with E-state index in [2.05, 4.69) is 37.0 Å². The molecule has 1 aliphatic rings. The molecule has 2 N–H and O–H groups in total. The molecule has 0 aromatic carbocycles. The molecule has 1 saturated carbocycles. The van der Waals surface area contributed by atoms with Gasteiger partial charge in [-0.2, -0.15) is 5.10 Å². The Balaban J connectivity index is 2.21.